The number of Topliss-reactive ketones (excluding diaryl/α,β-unsaturated/α-hetero) is 1. The van der Waals surface area contributed by atoms with Crippen molar-refractivity contribution in [3.05, 3.63) is 35.1 Å². The summed E-state index contributed by atoms with van der Waals surface area (Å²) in [6.07, 6.45) is 2.85. The van der Waals surface area contributed by atoms with Crippen molar-refractivity contribution >= 4 is 23.2 Å². The van der Waals surface area contributed by atoms with E-state index < -0.39 is 5.41 Å². The number of hydrogen-bond acceptors (Lipinski definition) is 4. The minimum Gasteiger partial charge on any atom is -0.345 e. The van der Waals surface area contributed by atoms with Crippen LogP contribution in [0.4, 0.5) is 5.82 Å². The number of hydrogen-bond donors (Lipinski definition) is 1. The summed E-state index contributed by atoms with van der Waals surface area (Å²) in [5, 5.41) is 12.3. The summed E-state index contributed by atoms with van der Waals surface area (Å²) in [7, 11) is 0. The van der Waals surface area contributed by atoms with Gasteiger partial charge in [0.2, 0.25) is 0 Å². The topological polar surface area (TPSA) is 65.8 Å². The third kappa shape index (κ3) is 3.86. The van der Waals surface area contributed by atoms with E-state index in [-0.39, 0.29) is 11.4 Å². The molecule has 4 nitrogen and oxygen atoms in total. The number of nitriles is 1. The van der Waals surface area contributed by atoms with Gasteiger partial charge in [0.15, 0.2) is 5.78 Å². The Labute approximate surface area is 111 Å². The largest absolute Gasteiger partial charge is 0.345 e. The number of nitrogens with zero attached hydrogens (tertiary/aromatic N) is 2. The van der Waals surface area contributed by atoms with Crippen molar-refractivity contribution in [2.45, 2.75) is 20.8 Å². The lowest BCUT2D eigenvalue weighted by atomic mass is 9.87. The highest BCUT2D eigenvalue weighted by molar-refractivity contribution is 6.30. The molecule has 0 saturated heterocycles. The van der Waals surface area contributed by atoms with Crippen LogP contribution >= 0.6 is 11.6 Å². The van der Waals surface area contributed by atoms with Crippen molar-refractivity contribution in [1.29, 1.82) is 5.26 Å². The molecule has 1 N–H and O–H groups in total. The van der Waals surface area contributed by atoms with Crippen LogP contribution in [0.5, 0.6) is 0 Å². The first kappa shape index (κ1) is 14.2. The summed E-state index contributed by atoms with van der Waals surface area (Å²) >= 11 is 5.70. The highest BCUT2D eigenvalue weighted by atomic mass is 35.5. The van der Waals surface area contributed by atoms with Crippen LogP contribution in [-0.2, 0) is 4.79 Å². The molecular formula is C13H14ClN3O. The van der Waals surface area contributed by atoms with Crippen molar-refractivity contribution < 1.29 is 4.79 Å². The Morgan fingerprint density at radius 3 is 2.61 bits per heavy atom. The summed E-state index contributed by atoms with van der Waals surface area (Å²) in [5.41, 5.74) is -0.518. The third-order valence-corrected chi connectivity index (χ3v) is 2.36. The predicted octanol–water partition coefficient (Wildman–Crippen LogP) is 3.17. The van der Waals surface area contributed by atoms with E-state index in [2.05, 4.69) is 10.3 Å². The van der Waals surface area contributed by atoms with Gasteiger partial charge in [0.1, 0.15) is 17.5 Å². The molecule has 0 atom stereocenters. The Hall–Kier alpha value is -1.86. The summed E-state index contributed by atoms with van der Waals surface area (Å²) in [6.45, 7) is 5.29. The second-order valence-corrected chi connectivity index (χ2v) is 5.19. The van der Waals surface area contributed by atoms with Gasteiger partial charge < -0.3 is 5.32 Å². The maximum atomic E-state index is 11.9. The Bertz CT molecular complexity index is 507. The summed E-state index contributed by atoms with van der Waals surface area (Å²) in [4.78, 5) is 15.9. The molecule has 0 fully saturated rings. The van der Waals surface area contributed by atoms with Crippen LogP contribution in [0, 0.1) is 16.7 Å². The van der Waals surface area contributed by atoms with Crippen LogP contribution in [0.2, 0.25) is 5.02 Å². The highest BCUT2D eigenvalue weighted by Gasteiger charge is 2.24. The number of carbonyl (C=O) groups is 1. The van der Waals surface area contributed by atoms with E-state index in [0.717, 1.165) is 0 Å². The molecule has 0 amide bonds. The molecular weight excluding hydrogens is 250 g/mol. The molecule has 0 aromatic carbocycles. The van der Waals surface area contributed by atoms with Crippen LogP contribution in [0.15, 0.2) is 30.1 Å². The van der Waals surface area contributed by atoms with Gasteiger partial charge in [0, 0.05) is 17.8 Å². The number of rotatable bonds is 3. The number of anilines is 1. The molecule has 0 aliphatic heterocycles. The van der Waals surface area contributed by atoms with Crippen molar-refractivity contribution in [1.82, 2.24) is 4.98 Å². The second-order valence-electron chi connectivity index (χ2n) is 4.75. The van der Waals surface area contributed by atoms with Gasteiger partial charge in [-0.2, -0.15) is 5.26 Å². The minimum absolute atomic E-state index is 0.0688. The number of halogens is 1. The Morgan fingerprint density at radius 2 is 2.17 bits per heavy atom. The zero-order valence-corrected chi connectivity index (χ0v) is 11.2. The van der Waals surface area contributed by atoms with E-state index in [1.807, 2.05) is 6.07 Å². The first-order chi connectivity index (χ1) is 8.34. The van der Waals surface area contributed by atoms with Crippen LogP contribution in [-0.4, -0.2) is 10.8 Å². The smallest absolute Gasteiger partial charge is 0.180 e. The van der Waals surface area contributed by atoms with Gasteiger partial charge in [-0.25, -0.2) is 4.98 Å². The average molecular weight is 264 g/mol. The quantitative estimate of drug-likeness (QED) is 0.672. The van der Waals surface area contributed by atoms with E-state index >= 15 is 0 Å². The monoisotopic (exact) mass is 263 g/mol. The van der Waals surface area contributed by atoms with Crippen molar-refractivity contribution in [3.63, 3.8) is 0 Å². The molecule has 1 heterocycles. The van der Waals surface area contributed by atoms with Gasteiger partial charge in [-0.3, -0.25) is 4.79 Å². The number of ketones is 1. The zero-order chi connectivity index (χ0) is 13.8. The molecule has 1 aromatic rings. The lowest BCUT2D eigenvalue weighted by Crippen LogP contribution is -2.22. The van der Waals surface area contributed by atoms with Crippen LogP contribution < -0.4 is 5.32 Å². The van der Waals surface area contributed by atoms with Gasteiger partial charge in [-0.05, 0) is 12.1 Å². The molecule has 94 valence electrons. The lowest BCUT2D eigenvalue weighted by molar-refractivity contribution is -0.122. The SMILES string of the molecule is CC(C)(C)C(=O)/C(C#N)=C\Nc1ccc(Cl)cn1. The molecule has 18 heavy (non-hydrogen) atoms. The number of carbonyl (C=O) groups excluding carboxylic acids is 1. The van der Waals surface area contributed by atoms with E-state index in [4.69, 9.17) is 16.9 Å². The standard InChI is InChI=1S/C13H14ClN3O/c1-13(2,3)12(18)9(6-15)7-16-11-5-4-10(14)8-17-11/h4-5,7-8H,1-3H3,(H,16,17)/b9-7-. The summed E-state index contributed by atoms with van der Waals surface area (Å²) in [5.74, 6) is 0.306. The maximum absolute atomic E-state index is 11.9. The number of aromatic nitrogens is 1. The van der Waals surface area contributed by atoms with E-state index in [1.54, 1.807) is 32.9 Å². The van der Waals surface area contributed by atoms with E-state index in [0.29, 0.717) is 10.8 Å². The highest BCUT2D eigenvalue weighted by Crippen LogP contribution is 2.19. The van der Waals surface area contributed by atoms with E-state index in [1.165, 1.54) is 12.4 Å². The molecule has 1 aromatic heterocycles. The van der Waals surface area contributed by atoms with Gasteiger partial charge in [-0.15, -0.1) is 0 Å². The molecule has 0 spiro atoms. The number of pyridine rings is 1. The Balaban J connectivity index is 2.85. The average Bonchev–Trinajstić information content (AvgIpc) is 2.31. The molecule has 0 aliphatic carbocycles. The fraction of sp³-hybridized carbons (Fsp3) is 0.308. The zero-order valence-electron chi connectivity index (χ0n) is 10.5. The summed E-state index contributed by atoms with van der Waals surface area (Å²) < 4.78 is 0. The first-order valence-electron chi connectivity index (χ1n) is 5.38. The molecule has 0 radical (unpaired) electrons. The van der Waals surface area contributed by atoms with Crippen LogP contribution in [0.3, 0.4) is 0 Å². The molecule has 0 saturated carbocycles. The lowest BCUT2D eigenvalue weighted by Gasteiger charge is -2.15. The number of nitrogens with one attached hydrogen (secondary N) is 1. The minimum atomic E-state index is -0.587. The van der Waals surface area contributed by atoms with Crippen molar-refractivity contribution in [2.75, 3.05) is 5.32 Å². The van der Waals surface area contributed by atoms with Gasteiger partial charge in [-0.1, -0.05) is 32.4 Å². The molecule has 5 heteroatoms. The second kappa shape index (κ2) is 5.65. The van der Waals surface area contributed by atoms with E-state index in [9.17, 15) is 4.79 Å². The molecule has 0 unspecified atom stereocenters. The fourth-order valence-electron chi connectivity index (χ4n) is 1.16. The van der Waals surface area contributed by atoms with Gasteiger partial charge in [0.05, 0.1) is 5.02 Å². The van der Waals surface area contributed by atoms with Crippen LogP contribution in [0.1, 0.15) is 20.8 Å². The normalized spacial score (nSPS) is 11.8. The van der Waals surface area contributed by atoms with Crippen molar-refractivity contribution in [3.8, 4) is 6.07 Å². The van der Waals surface area contributed by atoms with Gasteiger partial charge in [0.25, 0.3) is 0 Å². The number of allylic oxidation sites excluding steroid dienone is 1. The molecule has 0 aliphatic rings. The fourth-order valence-corrected chi connectivity index (χ4v) is 1.27. The summed E-state index contributed by atoms with van der Waals surface area (Å²) in [6, 6.07) is 5.22. The predicted molar refractivity (Wildman–Crippen MR) is 71.0 cm³/mol. The molecule has 1 rings (SSSR count). The maximum Gasteiger partial charge on any atom is 0.180 e. The van der Waals surface area contributed by atoms with Gasteiger partial charge >= 0.3 is 0 Å². The van der Waals surface area contributed by atoms with Crippen molar-refractivity contribution in [2.24, 2.45) is 5.41 Å². The Kier molecular flexibility index (Phi) is 4.46. The van der Waals surface area contributed by atoms with Crippen LogP contribution in [0.25, 0.3) is 0 Å². The first-order valence-corrected chi connectivity index (χ1v) is 5.75. The third-order valence-electron chi connectivity index (χ3n) is 2.14. The Morgan fingerprint density at radius 1 is 1.50 bits per heavy atom. The molecule has 0 bridgehead atoms.